The summed E-state index contributed by atoms with van der Waals surface area (Å²) in [5.41, 5.74) is 0.960. The second-order valence-corrected chi connectivity index (χ2v) is 4.62. The summed E-state index contributed by atoms with van der Waals surface area (Å²) in [6, 6.07) is 3.93. The van der Waals surface area contributed by atoms with Crippen LogP contribution in [0.25, 0.3) is 0 Å². The summed E-state index contributed by atoms with van der Waals surface area (Å²) < 4.78 is 1.67. The van der Waals surface area contributed by atoms with Gasteiger partial charge in [0.25, 0.3) is 0 Å². The van der Waals surface area contributed by atoms with Crippen LogP contribution in [0.4, 0.5) is 0 Å². The lowest BCUT2D eigenvalue weighted by Gasteiger charge is -2.13. The maximum atomic E-state index is 8.45. The first-order valence-electron chi connectivity index (χ1n) is 4.56. The molecule has 3 nitrogen and oxygen atoms in total. The number of hydrogen-bond donors (Lipinski definition) is 0. The summed E-state index contributed by atoms with van der Waals surface area (Å²) in [5, 5.41) is 13.4. The van der Waals surface area contributed by atoms with Gasteiger partial charge in [-0.3, -0.25) is 4.68 Å². The minimum atomic E-state index is 0.00152. The number of aromatic nitrogens is 2. The van der Waals surface area contributed by atoms with Gasteiger partial charge in [0.2, 0.25) is 0 Å². The van der Waals surface area contributed by atoms with E-state index in [-0.39, 0.29) is 5.41 Å². The summed E-state index contributed by atoms with van der Waals surface area (Å²) in [6.07, 6.45) is 0.435. The van der Waals surface area contributed by atoms with Crippen LogP contribution in [-0.4, -0.2) is 9.78 Å². The molecule has 0 atom stereocenters. The largest absolute Gasteiger partial charge is 0.253 e. The van der Waals surface area contributed by atoms with E-state index in [9.17, 15) is 0 Å². The molecule has 0 N–H and O–H groups in total. The van der Waals surface area contributed by atoms with E-state index < -0.39 is 0 Å². The molecule has 0 unspecified atom stereocenters. The Labute approximate surface area is 89.3 Å². The fourth-order valence-corrected chi connectivity index (χ4v) is 1.30. The summed E-state index contributed by atoms with van der Waals surface area (Å²) in [5.74, 6) is 0. The second-order valence-electron chi connectivity index (χ2n) is 4.23. The number of nitrogens with zero attached hydrogens (tertiary/aromatic N) is 3. The van der Waals surface area contributed by atoms with Gasteiger partial charge in [-0.05, 0) is 6.07 Å². The van der Waals surface area contributed by atoms with Crippen molar-refractivity contribution in [1.82, 2.24) is 9.78 Å². The Morgan fingerprint density at radius 1 is 1.57 bits per heavy atom. The number of halogens is 1. The van der Waals surface area contributed by atoms with E-state index in [2.05, 4.69) is 31.9 Å². The molecule has 0 aliphatic rings. The highest BCUT2D eigenvalue weighted by atomic mass is 35.5. The lowest BCUT2D eigenvalue weighted by Crippen LogP contribution is -2.13. The van der Waals surface area contributed by atoms with Gasteiger partial charge in [0.15, 0.2) is 0 Å². The molecule has 0 aliphatic heterocycles. The summed E-state index contributed by atoms with van der Waals surface area (Å²) >= 11 is 5.98. The van der Waals surface area contributed by atoms with E-state index in [1.54, 1.807) is 4.68 Å². The fraction of sp³-hybridized carbons (Fsp3) is 0.600. The van der Waals surface area contributed by atoms with E-state index in [0.717, 1.165) is 5.69 Å². The number of hydrogen-bond acceptors (Lipinski definition) is 2. The van der Waals surface area contributed by atoms with Crippen LogP contribution in [0.5, 0.6) is 0 Å². The van der Waals surface area contributed by atoms with E-state index in [0.29, 0.717) is 18.1 Å². The second kappa shape index (κ2) is 4.02. The number of nitriles is 1. The maximum Gasteiger partial charge on any atom is 0.127 e. The van der Waals surface area contributed by atoms with Crippen molar-refractivity contribution in [2.24, 2.45) is 0 Å². The molecule has 0 saturated heterocycles. The average Bonchev–Trinajstić information content (AvgIpc) is 2.43. The summed E-state index contributed by atoms with van der Waals surface area (Å²) in [6.45, 7) is 6.81. The van der Waals surface area contributed by atoms with Crippen molar-refractivity contribution < 1.29 is 0 Å². The van der Waals surface area contributed by atoms with E-state index in [4.69, 9.17) is 16.9 Å². The Hall–Kier alpha value is -1.01. The van der Waals surface area contributed by atoms with Crippen LogP contribution in [0, 0.1) is 11.3 Å². The molecule has 0 aliphatic carbocycles. The molecular formula is C10H14ClN3. The van der Waals surface area contributed by atoms with E-state index >= 15 is 0 Å². The minimum absolute atomic E-state index is 0.00152. The first-order chi connectivity index (χ1) is 6.45. The van der Waals surface area contributed by atoms with Gasteiger partial charge in [-0.2, -0.15) is 10.4 Å². The van der Waals surface area contributed by atoms with Gasteiger partial charge in [-0.1, -0.05) is 32.4 Å². The first-order valence-corrected chi connectivity index (χ1v) is 4.93. The summed E-state index contributed by atoms with van der Waals surface area (Å²) in [4.78, 5) is 0. The lowest BCUT2D eigenvalue weighted by molar-refractivity contribution is 0.535. The quantitative estimate of drug-likeness (QED) is 0.755. The van der Waals surface area contributed by atoms with Crippen molar-refractivity contribution in [1.29, 1.82) is 5.26 Å². The van der Waals surface area contributed by atoms with Crippen LogP contribution < -0.4 is 0 Å². The third-order valence-electron chi connectivity index (χ3n) is 1.93. The molecule has 4 heteroatoms. The van der Waals surface area contributed by atoms with Crippen molar-refractivity contribution in [2.45, 2.75) is 39.2 Å². The molecular weight excluding hydrogens is 198 g/mol. The lowest BCUT2D eigenvalue weighted by atomic mass is 9.93. The predicted molar refractivity (Wildman–Crippen MR) is 56.2 cm³/mol. The molecule has 0 amide bonds. The Bertz CT molecular complexity index is 354. The van der Waals surface area contributed by atoms with Crippen LogP contribution in [0.15, 0.2) is 6.07 Å². The molecule has 1 aromatic rings. The Kier molecular flexibility index (Phi) is 3.17. The van der Waals surface area contributed by atoms with Crippen LogP contribution in [0.2, 0.25) is 5.15 Å². The van der Waals surface area contributed by atoms with E-state index in [1.807, 2.05) is 6.07 Å². The molecule has 1 aromatic heterocycles. The smallest absolute Gasteiger partial charge is 0.127 e. The third kappa shape index (κ3) is 2.49. The molecule has 1 rings (SSSR count). The number of rotatable bonds is 2. The molecule has 76 valence electrons. The van der Waals surface area contributed by atoms with Crippen molar-refractivity contribution in [2.75, 3.05) is 0 Å². The van der Waals surface area contributed by atoms with Crippen molar-refractivity contribution in [3.05, 3.63) is 16.9 Å². The minimum Gasteiger partial charge on any atom is -0.253 e. The zero-order chi connectivity index (χ0) is 10.8. The molecule has 0 aromatic carbocycles. The predicted octanol–water partition coefficient (Wildman–Crippen LogP) is 2.75. The SMILES string of the molecule is CC(C)(C)c1cc(Cl)n(CCC#N)n1. The topological polar surface area (TPSA) is 41.6 Å². The highest BCUT2D eigenvalue weighted by molar-refractivity contribution is 6.29. The monoisotopic (exact) mass is 211 g/mol. The zero-order valence-electron chi connectivity index (χ0n) is 8.71. The molecule has 0 radical (unpaired) electrons. The Balaban J connectivity index is 2.89. The molecule has 0 bridgehead atoms. The highest BCUT2D eigenvalue weighted by Crippen LogP contribution is 2.23. The average molecular weight is 212 g/mol. The third-order valence-corrected chi connectivity index (χ3v) is 2.24. The van der Waals surface area contributed by atoms with Gasteiger partial charge < -0.3 is 0 Å². The highest BCUT2D eigenvalue weighted by Gasteiger charge is 2.18. The molecule has 14 heavy (non-hydrogen) atoms. The van der Waals surface area contributed by atoms with Gasteiger partial charge in [-0.15, -0.1) is 0 Å². The van der Waals surface area contributed by atoms with Crippen LogP contribution in [0.3, 0.4) is 0 Å². The molecule has 1 heterocycles. The Morgan fingerprint density at radius 3 is 2.64 bits per heavy atom. The summed E-state index contributed by atoms with van der Waals surface area (Å²) in [7, 11) is 0. The first kappa shape index (κ1) is 11.1. The van der Waals surface area contributed by atoms with Gasteiger partial charge in [0, 0.05) is 5.41 Å². The Morgan fingerprint density at radius 2 is 2.21 bits per heavy atom. The van der Waals surface area contributed by atoms with Gasteiger partial charge in [0.1, 0.15) is 5.15 Å². The maximum absolute atomic E-state index is 8.45. The molecule has 0 saturated carbocycles. The van der Waals surface area contributed by atoms with Gasteiger partial charge >= 0.3 is 0 Å². The van der Waals surface area contributed by atoms with Crippen LogP contribution in [-0.2, 0) is 12.0 Å². The van der Waals surface area contributed by atoms with Gasteiger partial charge in [0.05, 0.1) is 24.7 Å². The van der Waals surface area contributed by atoms with Crippen molar-refractivity contribution in [3.63, 3.8) is 0 Å². The van der Waals surface area contributed by atoms with Crippen molar-refractivity contribution in [3.8, 4) is 6.07 Å². The zero-order valence-corrected chi connectivity index (χ0v) is 9.47. The van der Waals surface area contributed by atoms with Gasteiger partial charge in [-0.25, -0.2) is 0 Å². The van der Waals surface area contributed by atoms with E-state index in [1.165, 1.54) is 0 Å². The van der Waals surface area contributed by atoms with Crippen LogP contribution >= 0.6 is 11.6 Å². The van der Waals surface area contributed by atoms with Crippen LogP contribution in [0.1, 0.15) is 32.9 Å². The normalized spacial score (nSPS) is 11.4. The molecule has 0 fully saturated rings. The molecule has 0 spiro atoms. The fourth-order valence-electron chi connectivity index (χ4n) is 1.07. The number of aryl methyl sites for hydroxylation is 1. The van der Waals surface area contributed by atoms with Crippen molar-refractivity contribution >= 4 is 11.6 Å². The standard InChI is InChI=1S/C10H14ClN3/c1-10(2,3)8-7-9(11)14(13-8)6-4-5-12/h7H,4,6H2,1-3H3.